The first kappa shape index (κ1) is 20.4. The number of nitro benzene ring substituents is 1. The quantitative estimate of drug-likeness (QED) is 0.276. The summed E-state index contributed by atoms with van der Waals surface area (Å²) in [5, 5.41) is 11.4. The minimum Gasteiger partial charge on any atom is -0.493 e. The third kappa shape index (κ3) is 5.33. The SMILES string of the molecule is COc1cc(C=Nc2ccc(C)c(Cl)c2)ccc1OCc1ccc([N+](=O)[O-])cc1. The van der Waals surface area contributed by atoms with Crippen LogP contribution in [0.5, 0.6) is 11.5 Å². The van der Waals surface area contributed by atoms with Gasteiger partial charge < -0.3 is 9.47 Å². The highest BCUT2D eigenvalue weighted by atomic mass is 35.5. The van der Waals surface area contributed by atoms with E-state index in [-0.39, 0.29) is 12.3 Å². The van der Waals surface area contributed by atoms with Crippen molar-refractivity contribution in [3.8, 4) is 11.5 Å². The molecule has 6 nitrogen and oxygen atoms in total. The zero-order valence-electron chi connectivity index (χ0n) is 16.0. The molecule has 0 amide bonds. The van der Waals surface area contributed by atoms with Crippen molar-refractivity contribution in [3.63, 3.8) is 0 Å². The number of aliphatic imine (C=N–C) groups is 1. The molecule has 148 valence electrons. The molecule has 0 spiro atoms. The average molecular weight is 411 g/mol. The number of hydrogen-bond acceptors (Lipinski definition) is 5. The fraction of sp³-hybridized carbons (Fsp3) is 0.136. The Bertz CT molecular complexity index is 1050. The van der Waals surface area contributed by atoms with Crippen LogP contribution in [0.2, 0.25) is 5.02 Å². The average Bonchev–Trinajstić information content (AvgIpc) is 2.73. The number of benzene rings is 3. The summed E-state index contributed by atoms with van der Waals surface area (Å²) in [6.45, 7) is 2.21. The second-order valence-electron chi connectivity index (χ2n) is 6.31. The van der Waals surface area contributed by atoms with E-state index in [4.69, 9.17) is 21.1 Å². The van der Waals surface area contributed by atoms with Crippen LogP contribution < -0.4 is 9.47 Å². The fourth-order valence-electron chi connectivity index (χ4n) is 2.57. The van der Waals surface area contributed by atoms with Crippen molar-refractivity contribution in [1.82, 2.24) is 0 Å². The van der Waals surface area contributed by atoms with E-state index >= 15 is 0 Å². The first-order valence-corrected chi connectivity index (χ1v) is 9.18. The number of hydrogen-bond donors (Lipinski definition) is 0. The number of aryl methyl sites for hydroxylation is 1. The largest absolute Gasteiger partial charge is 0.493 e. The fourth-order valence-corrected chi connectivity index (χ4v) is 2.74. The van der Waals surface area contributed by atoms with E-state index in [0.717, 1.165) is 22.4 Å². The lowest BCUT2D eigenvalue weighted by Crippen LogP contribution is -1.99. The van der Waals surface area contributed by atoms with Crippen LogP contribution in [0.25, 0.3) is 0 Å². The van der Waals surface area contributed by atoms with Crippen LogP contribution in [0.1, 0.15) is 16.7 Å². The maximum atomic E-state index is 10.7. The van der Waals surface area contributed by atoms with E-state index in [1.165, 1.54) is 12.1 Å². The van der Waals surface area contributed by atoms with Gasteiger partial charge in [0, 0.05) is 23.4 Å². The lowest BCUT2D eigenvalue weighted by atomic mass is 10.2. The van der Waals surface area contributed by atoms with Crippen LogP contribution in [0.3, 0.4) is 0 Å². The summed E-state index contributed by atoms with van der Waals surface area (Å²) in [5.41, 5.74) is 3.48. The van der Waals surface area contributed by atoms with E-state index in [2.05, 4.69) is 4.99 Å². The molecule has 0 atom stereocenters. The molecule has 3 rings (SSSR count). The van der Waals surface area contributed by atoms with Crippen LogP contribution in [-0.4, -0.2) is 18.2 Å². The van der Waals surface area contributed by atoms with Crippen LogP contribution in [-0.2, 0) is 6.61 Å². The number of nitrogens with zero attached hydrogens (tertiary/aromatic N) is 2. The van der Waals surface area contributed by atoms with E-state index in [9.17, 15) is 10.1 Å². The molecule has 0 aliphatic carbocycles. The van der Waals surface area contributed by atoms with Crippen molar-refractivity contribution in [2.75, 3.05) is 7.11 Å². The maximum absolute atomic E-state index is 10.7. The Morgan fingerprint density at radius 2 is 1.83 bits per heavy atom. The molecule has 0 saturated heterocycles. The van der Waals surface area contributed by atoms with Crippen LogP contribution in [0, 0.1) is 17.0 Å². The number of halogens is 1. The monoisotopic (exact) mass is 410 g/mol. The van der Waals surface area contributed by atoms with Gasteiger partial charge in [0.2, 0.25) is 0 Å². The Kier molecular flexibility index (Phi) is 6.46. The molecule has 0 aliphatic rings. The van der Waals surface area contributed by atoms with E-state index in [0.29, 0.717) is 16.5 Å². The normalized spacial score (nSPS) is 10.9. The van der Waals surface area contributed by atoms with Crippen molar-refractivity contribution in [2.24, 2.45) is 4.99 Å². The molecule has 0 saturated carbocycles. The second-order valence-corrected chi connectivity index (χ2v) is 6.72. The molecular weight excluding hydrogens is 392 g/mol. The summed E-state index contributed by atoms with van der Waals surface area (Å²) in [6, 6.07) is 17.4. The molecule has 0 aromatic heterocycles. The molecule has 7 heteroatoms. The Hall–Kier alpha value is -3.38. The predicted molar refractivity (Wildman–Crippen MR) is 114 cm³/mol. The van der Waals surface area contributed by atoms with Crippen molar-refractivity contribution >= 4 is 29.2 Å². The van der Waals surface area contributed by atoms with Gasteiger partial charge in [0.25, 0.3) is 5.69 Å². The molecule has 0 fully saturated rings. The van der Waals surface area contributed by atoms with Gasteiger partial charge in [-0.2, -0.15) is 0 Å². The number of rotatable bonds is 7. The summed E-state index contributed by atoms with van der Waals surface area (Å²) in [7, 11) is 1.56. The molecule has 3 aromatic rings. The molecule has 3 aromatic carbocycles. The number of nitro groups is 1. The lowest BCUT2D eigenvalue weighted by molar-refractivity contribution is -0.384. The highest BCUT2D eigenvalue weighted by Gasteiger charge is 2.08. The topological polar surface area (TPSA) is 74.0 Å². The second kappa shape index (κ2) is 9.21. The van der Waals surface area contributed by atoms with Gasteiger partial charge in [-0.1, -0.05) is 17.7 Å². The highest BCUT2D eigenvalue weighted by Crippen LogP contribution is 2.29. The van der Waals surface area contributed by atoms with Crippen molar-refractivity contribution < 1.29 is 14.4 Å². The standard InChI is InChI=1S/C22H19ClN2O4/c1-15-3-7-18(12-20(15)23)24-13-17-6-10-21(22(11-17)28-2)29-14-16-4-8-19(9-5-16)25(26)27/h3-13H,14H2,1-2H3. The van der Waals surface area contributed by atoms with Gasteiger partial charge in [0.1, 0.15) is 6.61 Å². The zero-order valence-corrected chi connectivity index (χ0v) is 16.7. The summed E-state index contributed by atoms with van der Waals surface area (Å²) in [4.78, 5) is 14.7. The van der Waals surface area contributed by atoms with Crippen LogP contribution >= 0.6 is 11.6 Å². The summed E-state index contributed by atoms with van der Waals surface area (Å²) in [6.07, 6.45) is 1.73. The maximum Gasteiger partial charge on any atom is 0.269 e. The first-order valence-electron chi connectivity index (χ1n) is 8.80. The van der Waals surface area contributed by atoms with Gasteiger partial charge >= 0.3 is 0 Å². The molecule has 0 unspecified atom stereocenters. The molecule has 0 radical (unpaired) electrons. The van der Waals surface area contributed by atoms with E-state index in [1.807, 2.05) is 37.3 Å². The number of non-ortho nitro benzene ring substituents is 1. The Labute approximate surface area is 173 Å². The summed E-state index contributed by atoms with van der Waals surface area (Å²) >= 11 is 6.13. The zero-order chi connectivity index (χ0) is 20.8. The first-order chi connectivity index (χ1) is 14.0. The van der Waals surface area contributed by atoms with Crippen molar-refractivity contribution in [2.45, 2.75) is 13.5 Å². The third-order valence-electron chi connectivity index (χ3n) is 4.25. The molecule has 0 bridgehead atoms. The summed E-state index contributed by atoms with van der Waals surface area (Å²) < 4.78 is 11.2. The lowest BCUT2D eigenvalue weighted by Gasteiger charge is -2.11. The van der Waals surface area contributed by atoms with Crippen LogP contribution in [0.4, 0.5) is 11.4 Å². The van der Waals surface area contributed by atoms with Crippen LogP contribution in [0.15, 0.2) is 65.7 Å². The van der Waals surface area contributed by atoms with Gasteiger partial charge in [0.05, 0.1) is 17.7 Å². The van der Waals surface area contributed by atoms with Gasteiger partial charge in [-0.3, -0.25) is 15.1 Å². The number of ether oxygens (including phenoxy) is 2. The van der Waals surface area contributed by atoms with E-state index < -0.39 is 4.92 Å². The summed E-state index contributed by atoms with van der Waals surface area (Å²) in [5.74, 6) is 1.14. The minimum atomic E-state index is -0.432. The van der Waals surface area contributed by atoms with Gasteiger partial charge in [0.15, 0.2) is 11.5 Å². The van der Waals surface area contributed by atoms with Crippen molar-refractivity contribution in [3.05, 3.63) is 92.5 Å². The molecular formula is C22H19ClN2O4. The minimum absolute atomic E-state index is 0.0461. The number of methoxy groups -OCH3 is 1. The van der Waals surface area contributed by atoms with Gasteiger partial charge in [-0.05, 0) is 66.1 Å². The third-order valence-corrected chi connectivity index (χ3v) is 4.65. The van der Waals surface area contributed by atoms with Gasteiger partial charge in [-0.15, -0.1) is 0 Å². The molecule has 29 heavy (non-hydrogen) atoms. The van der Waals surface area contributed by atoms with Crippen molar-refractivity contribution in [1.29, 1.82) is 0 Å². The molecule has 0 N–H and O–H groups in total. The van der Waals surface area contributed by atoms with Gasteiger partial charge in [-0.25, -0.2) is 0 Å². The Morgan fingerprint density at radius 1 is 1.07 bits per heavy atom. The Morgan fingerprint density at radius 3 is 2.48 bits per heavy atom. The molecule has 0 heterocycles. The predicted octanol–water partition coefficient (Wildman–Crippen LogP) is 5.89. The Balaban J connectivity index is 1.70. The molecule has 0 aliphatic heterocycles. The smallest absolute Gasteiger partial charge is 0.269 e. The highest BCUT2D eigenvalue weighted by molar-refractivity contribution is 6.31. The van der Waals surface area contributed by atoms with E-state index in [1.54, 1.807) is 31.5 Å².